The lowest BCUT2D eigenvalue weighted by atomic mass is 10.1. The van der Waals surface area contributed by atoms with Crippen LogP contribution in [0.25, 0.3) is 0 Å². The Bertz CT molecular complexity index is 989. The second-order valence-corrected chi connectivity index (χ2v) is 8.26. The molecule has 1 aliphatic heterocycles. The lowest BCUT2D eigenvalue weighted by Crippen LogP contribution is -2.36. The smallest absolute Gasteiger partial charge is 0.262 e. The molecule has 3 rings (SSSR count). The summed E-state index contributed by atoms with van der Waals surface area (Å²) >= 11 is 5.97. The van der Waals surface area contributed by atoms with E-state index >= 15 is 0 Å². The van der Waals surface area contributed by atoms with Gasteiger partial charge in [0.05, 0.1) is 22.8 Å². The van der Waals surface area contributed by atoms with Gasteiger partial charge in [-0.25, -0.2) is 8.42 Å². The fourth-order valence-corrected chi connectivity index (χ4v) is 4.41. The number of fused-ring (bicyclic) bond motifs is 1. The van der Waals surface area contributed by atoms with Crippen molar-refractivity contribution in [1.82, 2.24) is 0 Å². The van der Waals surface area contributed by atoms with Gasteiger partial charge in [-0.1, -0.05) is 17.7 Å². The van der Waals surface area contributed by atoms with Crippen molar-refractivity contribution in [2.24, 2.45) is 0 Å². The molecule has 8 heteroatoms. The fourth-order valence-electron chi connectivity index (χ4n) is 2.87. The molecule has 0 aromatic heterocycles. The molecule has 1 aliphatic rings. The number of rotatable bonds is 3. The highest BCUT2D eigenvalue weighted by Gasteiger charge is 2.26. The zero-order valence-corrected chi connectivity index (χ0v) is 16.2. The molecule has 0 fully saturated rings. The molecule has 1 amide bonds. The summed E-state index contributed by atoms with van der Waals surface area (Å²) in [5.74, 6) is 0.262. The lowest BCUT2D eigenvalue weighted by molar-refractivity contribution is -0.116. The molecule has 1 N–H and O–H groups in total. The molecule has 26 heavy (non-hydrogen) atoms. The second-order valence-electron chi connectivity index (χ2n) is 6.17. The molecule has 0 radical (unpaired) electrons. The number of benzene rings is 2. The fraction of sp³-hybridized carbons (Fsp3) is 0.278. The summed E-state index contributed by atoms with van der Waals surface area (Å²) in [4.78, 5) is 13.5. The highest BCUT2D eigenvalue weighted by molar-refractivity contribution is 7.92. The number of anilines is 2. The number of carbonyl (C=O) groups excluding carboxylic acids is 1. The summed E-state index contributed by atoms with van der Waals surface area (Å²) in [5, 5.41) is 0.441. The Balaban J connectivity index is 2.03. The quantitative estimate of drug-likeness (QED) is 0.864. The van der Waals surface area contributed by atoms with Gasteiger partial charge in [0, 0.05) is 18.0 Å². The van der Waals surface area contributed by atoms with E-state index in [0.29, 0.717) is 40.9 Å². The predicted octanol–water partition coefficient (Wildman–Crippen LogP) is 3.50. The van der Waals surface area contributed by atoms with Crippen LogP contribution in [0.1, 0.15) is 18.1 Å². The number of hydrogen-bond donors (Lipinski definition) is 1. The Labute approximate surface area is 157 Å². The topological polar surface area (TPSA) is 75.7 Å². The lowest BCUT2D eigenvalue weighted by Gasteiger charge is -2.29. The number of halogens is 1. The van der Waals surface area contributed by atoms with Crippen LogP contribution in [0.2, 0.25) is 5.02 Å². The minimum absolute atomic E-state index is 0.0982. The maximum absolute atomic E-state index is 12.9. The van der Waals surface area contributed by atoms with Crippen LogP contribution >= 0.6 is 11.6 Å². The van der Waals surface area contributed by atoms with Crippen LogP contribution in [0.4, 0.5) is 11.4 Å². The van der Waals surface area contributed by atoms with Crippen LogP contribution in [0.15, 0.2) is 35.2 Å². The SMILES string of the molecule is CC(=O)N1CCOc2cc(S(=O)(=O)Nc3cc(Cl)ccc3C)c(C)cc21. The van der Waals surface area contributed by atoms with Gasteiger partial charge in [0.2, 0.25) is 5.91 Å². The molecule has 138 valence electrons. The molecule has 6 nitrogen and oxygen atoms in total. The molecule has 0 spiro atoms. The van der Waals surface area contributed by atoms with E-state index < -0.39 is 10.0 Å². The van der Waals surface area contributed by atoms with Crippen LogP contribution in [-0.2, 0) is 14.8 Å². The van der Waals surface area contributed by atoms with Crippen molar-refractivity contribution < 1.29 is 17.9 Å². The van der Waals surface area contributed by atoms with Crippen molar-refractivity contribution in [2.45, 2.75) is 25.7 Å². The molecule has 0 saturated heterocycles. The molecule has 2 aromatic carbocycles. The number of hydrogen-bond acceptors (Lipinski definition) is 4. The van der Waals surface area contributed by atoms with Gasteiger partial charge in [0.25, 0.3) is 10.0 Å². The highest BCUT2D eigenvalue weighted by Crippen LogP contribution is 2.36. The van der Waals surface area contributed by atoms with Crippen LogP contribution in [-0.4, -0.2) is 27.5 Å². The maximum atomic E-state index is 12.9. The Morgan fingerprint density at radius 3 is 2.62 bits per heavy atom. The van der Waals surface area contributed by atoms with Crippen LogP contribution in [0.3, 0.4) is 0 Å². The Kier molecular flexibility index (Phi) is 4.86. The number of nitrogens with zero attached hydrogens (tertiary/aromatic N) is 1. The number of nitrogens with one attached hydrogen (secondary N) is 1. The van der Waals surface area contributed by atoms with E-state index in [4.69, 9.17) is 16.3 Å². The second kappa shape index (κ2) is 6.81. The van der Waals surface area contributed by atoms with Gasteiger partial charge >= 0.3 is 0 Å². The van der Waals surface area contributed by atoms with E-state index in [9.17, 15) is 13.2 Å². The first kappa shape index (κ1) is 18.5. The van der Waals surface area contributed by atoms with Crippen molar-refractivity contribution >= 4 is 38.9 Å². The van der Waals surface area contributed by atoms with Gasteiger partial charge in [-0.05, 0) is 43.2 Å². The van der Waals surface area contributed by atoms with E-state index in [2.05, 4.69) is 4.72 Å². The summed E-state index contributed by atoms with van der Waals surface area (Å²) in [6, 6.07) is 8.13. The highest BCUT2D eigenvalue weighted by atomic mass is 35.5. The third-order valence-electron chi connectivity index (χ3n) is 4.23. The molecule has 0 unspecified atom stereocenters. The largest absolute Gasteiger partial charge is 0.489 e. The first-order valence-electron chi connectivity index (χ1n) is 8.03. The molecule has 0 aliphatic carbocycles. The molecule has 0 saturated carbocycles. The van der Waals surface area contributed by atoms with Gasteiger partial charge in [-0.3, -0.25) is 9.52 Å². The summed E-state index contributed by atoms with van der Waals surface area (Å²) in [7, 11) is -3.85. The van der Waals surface area contributed by atoms with E-state index in [1.54, 1.807) is 43.0 Å². The van der Waals surface area contributed by atoms with E-state index in [1.807, 2.05) is 0 Å². The third-order valence-corrected chi connectivity index (χ3v) is 5.98. The van der Waals surface area contributed by atoms with Crippen LogP contribution in [0.5, 0.6) is 5.75 Å². The first-order chi connectivity index (χ1) is 12.2. The maximum Gasteiger partial charge on any atom is 0.262 e. The number of amides is 1. The first-order valence-corrected chi connectivity index (χ1v) is 9.89. The molecular formula is C18H19ClN2O4S. The average Bonchev–Trinajstić information content (AvgIpc) is 2.56. The van der Waals surface area contributed by atoms with Crippen LogP contribution < -0.4 is 14.4 Å². The van der Waals surface area contributed by atoms with Crippen molar-refractivity contribution in [3.8, 4) is 5.75 Å². The summed E-state index contributed by atoms with van der Waals surface area (Å²) < 4.78 is 34.0. The Hall–Kier alpha value is -2.25. The molecule has 0 atom stereocenters. The van der Waals surface area contributed by atoms with Crippen molar-refractivity contribution in [3.05, 3.63) is 46.5 Å². The summed E-state index contributed by atoms with van der Waals surface area (Å²) in [6.45, 7) is 5.71. The predicted molar refractivity (Wildman–Crippen MR) is 102 cm³/mol. The van der Waals surface area contributed by atoms with E-state index in [-0.39, 0.29) is 10.8 Å². The van der Waals surface area contributed by atoms with Crippen molar-refractivity contribution in [1.29, 1.82) is 0 Å². The third kappa shape index (κ3) is 3.50. The zero-order valence-electron chi connectivity index (χ0n) is 14.7. The molecule has 2 aromatic rings. The summed E-state index contributed by atoms with van der Waals surface area (Å²) in [6.07, 6.45) is 0. The molecule has 1 heterocycles. The number of sulfonamides is 1. The number of carbonyl (C=O) groups is 1. The van der Waals surface area contributed by atoms with E-state index in [0.717, 1.165) is 5.56 Å². The van der Waals surface area contributed by atoms with Gasteiger partial charge in [0.1, 0.15) is 12.4 Å². The Morgan fingerprint density at radius 1 is 1.19 bits per heavy atom. The number of aryl methyl sites for hydroxylation is 2. The average molecular weight is 395 g/mol. The van der Waals surface area contributed by atoms with Gasteiger partial charge < -0.3 is 9.64 Å². The molecular weight excluding hydrogens is 376 g/mol. The minimum atomic E-state index is -3.85. The normalized spacial score (nSPS) is 13.8. The van der Waals surface area contributed by atoms with Crippen molar-refractivity contribution in [2.75, 3.05) is 22.8 Å². The summed E-state index contributed by atoms with van der Waals surface area (Å²) in [5.41, 5.74) is 2.28. The standard InChI is InChI=1S/C18H19ClN2O4S/c1-11-4-5-14(19)9-15(11)20-26(23,24)18-10-17-16(8-12(18)2)21(13(3)22)6-7-25-17/h4-5,8-10,20H,6-7H2,1-3H3. The van der Waals surface area contributed by atoms with Gasteiger partial charge in [0.15, 0.2) is 0 Å². The van der Waals surface area contributed by atoms with Crippen LogP contribution in [0, 0.1) is 13.8 Å². The Morgan fingerprint density at radius 2 is 1.92 bits per heavy atom. The van der Waals surface area contributed by atoms with E-state index in [1.165, 1.54) is 13.0 Å². The number of ether oxygens (including phenoxy) is 1. The van der Waals surface area contributed by atoms with Crippen molar-refractivity contribution in [3.63, 3.8) is 0 Å². The monoisotopic (exact) mass is 394 g/mol. The van der Waals surface area contributed by atoms with Gasteiger partial charge in [-0.15, -0.1) is 0 Å². The minimum Gasteiger partial charge on any atom is -0.489 e. The van der Waals surface area contributed by atoms with Gasteiger partial charge in [-0.2, -0.15) is 0 Å². The molecule has 0 bridgehead atoms. The zero-order chi connectivity index (χ0) is 19.1.